The Labute approximate surface area is 237 Å². The number of rotatable bonds is 11. The van der Waals surface area contributed by atoms with E-state index in [2.05, 4.69) is 33.5 Å². The molecule has 9 heteroatoms. The molecule has 4 rings (SSSR count). The summed E-state index contributed by atoms with van der Waals surface area (Å²) < 4.78 is 8.23. The largest absolute Gasteiger partial charge is 0.462 e. The summed E-state index contributed by atoms with van der Waals surface area (Å²) in [5.41, 5.74) is 3.33. The molecule has 0 spiro atoms. The van der Waals surface area contributed by atoms with Crippen LogP contribution in [0.4, 0.5) is 5.69 Å². The van der Waals surface area contributed by atoms with Crippen molar-refractivity contribution in [2.24, 2.45) is 0 Å². The molecular weight excluding hydrogens is 560 g/mol. The average molecular weight is 595 g/mol. The number of hydrogen-bond acceptors (Lipinski definition) is 5. The van der Waals surface area contributed by atoms with Crippen LogP contribution in [0.2, 0.25) is 0 Å². The molecule has 2 aromatic carbocycles. The second kappa shape index (κ2) is 14.0. The molecule has 1 unspecified atom stereocenters. The van der Waals surface area contributed by atoms with Gasteiger partial charge < -0.3 is 20.3 Å². The lowest BCUT2D eigenvalue weighted by Gasteiger charge is -2.25. The summed E-state index contributed by atoms with van der Waals surface area (Å²) in [6, 6.07) is 18.5. The van der Waals surface area contributed by atoms with E-state index in [0.29, 0.717) is 17.8 Å². The van der Waals surface area contributed by atoms with Gasteiger partial charge in [0.2, 0.25) is 5.91 Å². The molecular formula is C30H34BrN4O4+. The minimum Gasteiger partial charge on any atom is -0.462 e. The van der Waals surface area contributed by atoms with Crippen LogP contribution in [-0.4, -0.2) is 44.0 Å². The molecule has 2 heterocycles. The number of anilines is 1. The Morgan fingerprint density at radius 2 is 1.87 bits per heavy atom. The standard InChI is InChI=1S/C30H33BrN4O4/c1-2-16-34-20-23(19-24(31)21-34)29(37)35(25-9-4-3-5-10-25)17-13-27(36)32-15-18-39-30(38)28-26-11-7-6-8-22(26)12-14-33-28/h3-11,19-21,28,33H,2,12-18H2,1H3/p+1. The summed E-state index contributed by atoms with van der Waals surface area (Å²) >= 11 is 3.50. The number of carbonyl (C=O) groups excluding carboxylic acids is 3. The third-order valence-corrected chi connectivity index (χ3v) is 6.94. The Kier molecular flexibility index (Phi) is 10.2. The van der Waals surface area contributed by atoms with Gasteiger partial charge in [-0.05, 0) is 51.7 Å². The maximum absolute atomic E-state index is 13.5. The zero-order chi connectivity index (χ0) is 27.6. The molecule has 204 valence electrons. The molecule has 1 atom stereocenters. The molecule has 39 heavy (non-hydrogen) atoms. The fourth-order valence-corrected chi connectivity index (χ4v) is 5.17. The Morgan fingerprint density at radius 1 is 1.10 bits per heavy atom. The molecule has 1 aliphatic heterocycles. The topological polar surface area (TPSA) is 91.6 Å². The van der Waals surface area contributed by atoms with Crippen LogP contribution >= 0.6 is 15.9 Å². The third-order valence-electron chi connectivity index (χ3n) is 6.50. The number of carbonyl (C=O) groups is 3. The molecule has 0 radical (unpaired) electrons. The van der Waals surface area contributed by atoms with Crippen LogP contribution < -0.4 is 20.1 Å². The van der Waals surface area contributed by atoms with E-state index in [4.69, 9.17) is 4.74 Å². The van der Waals surface area contributed by atoms with Crippen LogP contribution in [0.1, 0.15) is 47.3 Å². The molecule has 2 N–H and O–H groups in total. The molecule has 0 bridgehead atoms. The van der Waals surface area contributed by atoms with Crippen LogP contribution in [0.5, 0.6) is 0 Å². The lowest BCUT2D eigenvalue weighted by molar-refractivity contribution is -0.697. The van der Waals surface area contributed by atoms with E-state index >= 15 is 0 Å². The van der Waals surface area contributed by atoms with Gasteiger partial charge in [-0.15, -0.1) is 0 Å². The van der Waals surface area contributed by atoms with Crippen LogP contribution in [0.15, 0.2) is 77.5 Å². The molecule has 0 saturated carbocycles. The molecule has 0 fully saturated rings. The number of hydrogen-bond donors (Lipinski definition) is 2. The van der Waals surface area contributed by atoms with Gasteiger partial charge in [0, 0.05) is 31.6 Å². The van der Waals surface area contributed by atoms with E-state index in [-0.39, 0.29) is 43.9 Å². The minimum atomic E-state index is -0.495. The van der Waals surface area contributed by atoms with Crippen molar-refractivity contribution in [2.45, 2.75) is 38.8 Å². The maximum Gasteiger partial charge on any atom is 0.327 e. The highest BCUT2D eigenvalue weighted by molar-refractivity contribution is 9.10. The number of aromatic nitrogens is 1. The number of benzene rings is 2. The lowest BCUT2D eigenvalue weighted by Crippen LogP contribution is -2.39. The zero-order valence-corrected chi connectivity index (χ0v) is 23.7. The molecule has 0 aliphatic carbocycles. The first-order chi connectivity index (χ1) is 19.0. The van der Waals surface area contributed by atoms with E-state index in [9.17, 15) is 14.4 Å². The fourth-order valence-electron chi connectivity index (χ4n) is 4.66. The van der Waals surface area contributed by atoms with Gasteiger partial charge in [0.1, 0.15) is 24.8 Å². The highest BCUT2D eigenvalue weighted by Crippen LogP contribution is 2.23. The van der Waals surface area contributed by atoms with Crippen molar-refractivity contribution in [3.05, 3.63) is 94.2 Å². The molecule has 8 nitrogen and oxygen atoms in total. The summed E-state index contributed by atoms with van der Waals surface area (Å²) in [5.74, 6) is -0.767. The zero-order valence-electron chi connectivity index (χ0n) is 22.1. The highest BCUT2D eigenvalue weighted by Gasteiger charge is 2.27. The van der Waals surface area contributed by atoms with Crippen molar-refractivity contribution >= 4 is 39.4 Å². The van der Waals surface area contributed by atoms with E-state index in [1.807, 2.05) is 71.6 Å². The number of nitrogens with zero attached hydrogens (tertiary/aromatic N) is 2. The number of ether oxygens (including phenoxy) is 1. The smallest absolute Gasteiger partial charge is 0.327 e. The quantitative estimate of drug-likeness (QED) is 0.201. The van der Waals surface area contributed by atoms with Crippen molar-refractivity contribution < 1.29 is 23.7 Å². The molecule has 2 amide bonds. The van der Waals surface area contributed by atoms with Gasteiger partial charge in [-0.25, -0.2) is 9.36 Å². The number of amides is 2. The summed E-state index contributed by atoms with van der Waals surface area (Å²) in [6.07, 6.45) is 5.70. The van der Waals surface area contributed by atoms with E-state index in [0.717, 1.165) is 35.0 Å². The van der Waals surface area contributed by atoms with Gasteiger partial charge in [0.25, 0.3) is 5.91 Å². The van der Waals surface area contributed by atoms with Crippen LogP contribution in [0.3, 0.4) is 0 Å². The Hall–Kier alpha value is -3.56. The molecule has 0 saturated heterocycles. The monoisotopic (exact) mass is 593 g/mol. The first-order valence-electron chi connectivity index (χ1n) is 13.3. The SMILES string of the molecule is CCC[n+]1cc(Br)cc(C(=O)N(CCC(=O)NCCOC(=O)C2NCCc3ccccc32)c2ccccc2)c1. The second-order valence-corrected chi connectivity index (χ2v) is 10.3. The van der Waals surface area contributed by atoms with E-state index < -0.39 is 6.04 Å². The third kappa shape index (κ3) is 7.74. The first kappa shape index (κ1) is 28.4. The number of aryl methyl sites for hydroxylation is 1. The average Bonchev–Trinajstić information content (AvgIpc) is 2.95. The normalized spacial score (nSPS) is 14.3. The number of nitrogens with one attached hydrogen (secondary N) is 2. The van der Waals surface area contributed by atoms with Gasteiger partial charge in [0.05, 0.1) is 11.0 Å². The van der Waals surface area contributed by atoms with Crippen LogP contribution in [-0.2, 0) is 27.3 Å². The summed E-state index contributed by atoms with van der Waals surface area (Å²) in [4.78, 5) is 40.4. The predicted octanol–water partition coefficient (Wildman–Crippen LogP) is 3.73. The number of fused-ring (bicyclic) bond motifs is 1. The van der Waals surface area contributed by atoms with Gasteiger partial charge in [-0.1, -0.05) is 49.4 Å². The maximum atomic E-state index is 13.5. The van der Waals surface area contributed by atoms with Crippen molar-refractivity contribution in [3.63, 3.8) is 0 Å². The van der Waals surface area contributed by atoms with Crippen molar-refractivity contribution in [3.8, 4) is 0 Å². The van der Waals surface area contributed by atoms with E-state index in [1.54, 1.807) is 11.0 Å². The molecule has 3 aromatic rings. The van der Waals surface area contributed by atoms with Gasteiger partial charge in [-0.2, -0.15) is 0 Å². The lowest BCUT2D eigenvalue weighted by atomic mass is 9.94. The molecule has 1 aliphatic rings. The Morgan fingerprint density at radius 3 is 2.67 bits per heavy atom. The van der Waals surface area contributed by atoms with Crippen molar-refractivity contribution in [1.82, 2.24) is 10.6 Å². The van der Waals surface area contributed by atoms with Gasteiger partial charge in [0.15, 0.2) is 12.4 Å². The van der Waals surface area contributed by atoms with Crippen molar-refractivity contribution in [1.29, 1.82) is 0 Å². The number of esters is 1. The number of halogens is 1. The van der Waals surface area contributed by atoms with Crippen LogP contribution in [0.25, 0.3) is 0 Å². The highest BCUT2D eigenvalue weighted by atomic mass is 79.9. The Balaban J connectivity index is 1.31. The number of pyridine rings is 1. The van der Waals surface area contributed by atoms with Gasteiger partial charge in [-0.3, -0.25) is 9.59 Å². The van der Waals surface area contributed by atoms with Gasteiger partial charge >= 0.3 is 5.97 Å². The number of para-hydroxylation sites is 1. The minimum absolute atomic E-state index is 0.0712. The van der Waals surface area contributed by atoms with Crippen molar-refractivity contribution in [2.75, 3.05) is 31.1 Å². The second-order valence-electron chi connectivity index (χ2n) is 9.38. The Bertz CT molecular complexity index is 1300. The summed E-state index contributed by atoms with van der Waals surface area (Å²) in [7, 11) is 0. The fraction of sp³-hybridized carbons (Fsp3) is 0.333. The summed E-state index contributed by atoms with van der Waals surface area (Å²) in [6.45, 7) is 4.06. The predicted molar refractivity (Wildman–Crippen MR) is 152 cm³/mol. The first-order valence-corrected chi connectivity index (χ1v) is 14.1. The summed E-state index contributed by atoms with van der Waals surface area (Å²) in [5, 5.41) is 6.00. The van der Waals surface area contributed by atoms with E-state index in [1.165, 1.54) is 0 Å². The van der Waals surface area contributed by atoms with Crippen LogP contribution in [0, 0.1) is 0 Å². The molecule has 1 aromatic heterocycles.